The summed E-state index contributed by atoms with van der Waals surface area (Å²) >= 11 is 0. The molecule has 2 aromatic rings. The van der Waals surface area contributed by atoms with E-state index in [2.05, 4.69) is 0 Å². The standard InChI is InChI=1S/C18H15NO5/c1-23-15-9-5-2-6-12(15)10-16(20)24-11-19-17(21)13-7-3-4-8-14(13)18(19)22/h2-9H,10-11H2,1H3. The zero-order valence-corrected chi connectivity index (χ0v) is 13.0. The lowest BCUT2D eigenvalue weighted by atomic mass is 10.1. The van der Waals surface area contributed by atoms with Crippen LogP contribution >= 0.6 is 0 Å². The first-order chi connectivity index (χ1) is 11.6. The predicted octanol–water partition coefficient (Wildman–Crippen LogP) is 2.03. The molecule has 3 rings (SSSR count). The molecule has 1 heterocycles. The summed E-state index contributed by atoms with van der Waals surface area (Å²) in [5.74, 6) is -0.882. The number of amides is 2. The summed E-state index contributed by atoms with van der Waals surface area (Å²) in [4.78, 5) is 37.3. The maximum Gasteiger partial charge on any atom is 0.312 e. The molecule has 0 unspecified atom stereocenters. The van der Waals surface area contributed by atoms with E-state index in [4.69, 9.17) is 9.47 Å². The van der Waals surface area contributed by atoms with Crippen LogP contribution in [-0.4, -0.2) is 36.5 Å². The van der Waals surface area contributed by atoms with Crippen LogP contribution in [0.4, 0.5) is 0 Å². The third-order valence-electron chi connectivity index (χ3n) is 3.76. The van der Waals surface area contributed by atoms with Gasteiger partial charge in [-0.1, -0.05) is 30.3 Å². The van der Waals surface area contributed by atoms with Crippen molar-refractivity contribution in [1.82, 2.24) is 4.90 Å². The summed E-state index contributed by atoms with van der Waals surface area (Å²) < 4.78 is 10.3. The Morgan fingerprint density at radius 3 is 2.17 bits per heavy atom. The molecule has 24 heavy (non-hydrogen) atoms. The molecule has 0 saturated heterocycles. The Morgan fingerprint density at radius 1 is 0.958 bits per heavy atom. The first-order valence-corrected chi connectivity index (χ1v) is 7.34. The van der Waals surface area contributed by atoms with Crippen LogP contribution in [0, 0.1) is 0 Å². The van der Waals surface area contributed by atoms with Gasteiger partial charge < -0.3 is 9.47 Å². The Kier molecular flexibility index (Phi) is 4.29. The number of benzene rings is 2. The van der Waals surface area contributed by atoms with Crippen molar-refractivity contribution in [3.05, 3.63) is 65.2 Å². The number of esters is 1. The zero-order chi connectivity index (χ0) is 17.1. The quantitative estimate of drug-likeness (QED) is 0.621. The SMILES string of the molecule is COc1ccccc1CC(=O)OCN1C(=O)c2ccccc2C1=O. The molecule has 0 aromatic heterocycles. The molecular formula is C18H15NO5. The van der Waals surface area contributed by atoms with Crippen molar-refractivity contribution in [3.63, 3.8) is 0 Å². The highest BCUT2D eigenvalue weighted by molar-refractivity contribution is 6.21. The fourth-order valence-electron chi connectivity index (χ4n) is 2.55. The third-order valence-corrected chi connectivity index (χ3v) is 3.76. The number of imide groups is 1. The van der Waals surface area contributed by atoms with Gasteiger partial charge in [0.15, 0.2) is 6.73 Å². The minimum atomic E-state index is -0.545. The molecule has 0 bridgehead atoms. The molecule has 122 valence electrons. The molecule has 1 aliphatic heterocycles. The number of fused-ring (bicyclic) bond motifs is 1. The molecule has 1 aliphatic rings. The van der Waals surface area contributed by atoms with Crippen LogP contribution in [0.2, 0.25) is 0 Å². The van der Waals surface area contributed by atoms with E-state index in [-0.39, 0.29) is 6.42 Å². The van der Waals surface area contributed by atoms with Gasteiger partial charge in [0.05, 0.1) is 24.7 Å². The van der Waals surface area contributed by atoms with Gasteiger partial charge in [0.1, 0.15) is 5.75 Å². The molecule has 0 spiro atoms. The van der Waals surface area contributed by atoms with E-state index in [1.807, 2.05) is 0 Å². The number of carbonyl (C=O) groups excluding carboxylic acids is 3. The summed E-state index contributed by atoms with van der Waals surface area (Å²) in [6, 6.07) is 13.6. The minimum Gasteiger partial charge on any atom is -0.496 e. The van der Waals surface area contributed by atoms with Gasteiger partial charge in [-0.3, -0.25) is 14.4 Å². The van der Waals surface area contributed by atoms with Crippen molar-refractivity contribution < 1.29 is 23.9 Å². The fraction of sp³-hybridized carbons (Fsp3) is 0.167. The Hall–Kier alpha value is -3.15. The van der Waals surface area contributed by atoms with Crippen molar-refractivity contribution in [2.24, 2.45) is 0 Å². The number of hydrogen-bond donors (Lipinski definition) is 0. The maximum atomic E-state index is 12.2. The van der Waals surface area contributed by atoms with Crippen LogP contribution in [0.5, 0.6) is 5.75 Å². The largest absolute Gasteiger partial charge is 0.496 e. The van der Waals surface area contributed by atoms with Crippen LogP contribution in [0.15, 0.2) is 48.5 Å². The van der Waals surface area contributed by atoms with Crippen LogP contribution in [0.1, 0.15) is 26.3 Å². The average molecular weight is 325 g/mol. The van der Waals surface area contributed by atoms with E-state index in [0.717, 1.165) is 4.90 Å². The van der Waals surface area contributed by atoms with Gasteiger partial charge in [-0.15, -0.1) is 0 Å². The fourth-order valence-corrected chi connectivity index (χ4v) is 2.55. The summed E-state index contributed by atoms with van der Waals surface area (Å²) in [6.45, 7) is -0.402. The number of ether oxygens (including phenoxy) is 2. The van der Waals surface area contributed by atoms with Gasteiger partial charge in [0.25, 0.3) is 11.8 Å². The smallest absolute Gasteiger partial charge is 0.312 e. The van der Waals surface area contributed by atoms with Crippen molar-refractivity contribution in [2.75, 3.05) is 13.8 Å². The lowest BCUT2D eigenvalue weighted by Gasteiger charge is -2.14. The average Bonchev–Trinajstić information content (AvgIpc) is 2.85. The molecule has 0 N–H and O–H groups in total. The lowest BCUT2D eigenvalue weighted by molar-refractivity contribution is -0.145. The molecule has 2 aromatic carbocycles. The predicted molar refractivity (Wildman–Crippen MR) is 84.6 cm³/mol. The number of nitrogens with zero attached hydrogens (tertiary/aromatic N) is 1. The van der Waals surface area contributed by atoms with Crippen molar-refractivity contribution in [2.45, 2.75) is 6.42 Å². The van der Waals surface area contributed by atoms with Gasteiger partial charge in [0.2, 0.25) is 0 Å². The Labute approximate surface area is 138 Å². The second kappa shape index (κ2) is 6.54. The number of methoxy groups -OCH3 is 1. The first-order valence-electron chi connectivity index (χ1n) is 7.34. The molecular weight excluding hydrogens is 310 g/mol. The van der Waals surface area contributed by atoms with Crippen molar-refractivity contribution >= 4 is 17.8 Å². The highest BCUT2D eigenvalue weighted by atomic mass is 16.5. The number of hydrogen-bond acceptors (Lipinski definition) is 5. The number of carbonyl (C=O) groups is 3. The number of para-hydroxylation sites is 1. The van der Waals surface area contributed by atoms with Gasteiger partial charge >= 0.3 is 5.97 Å². The molecule has 2 amide bonds. The molecule has 0 atom stereocenters. The summed E-state index contributed by atoms with van der Waals surface area (Å²) in [5.41, 5.74) is 1.32. The van der Waals surface area contributed by atoms with Crippen molar-refractivity contribution in [1.29, 1.82) is 0 Å². The first kappa shape index (κ1) is 15.7. The van der Waals surface area contributed by atoms with Crippen LogP contribution in [-0.2, 0) is 16.0 Å². The normalized spacial score (nSPS) is 13.0. The Balaban J connectivity index is 1.63. The summed E-state index contributed by atoms with van der Waals surface area (Å²) in [7, 11) is 1.52. The molecule has 0 radical (unpaired) electrons. The van der Waals surface area contributed by atoms with Gasteiger partial charge in [0, 0.05) is 5.56 Å². The van der Waals surface area contributed by atoms with Gasteiger partial charge in [-0.25, -0.2) is 4.90 Å². The van der Waals surface area contributed by atoms with E-state index in [0.29, 0.717) is 22.4 Å². The molecule has 0 saturated carbocycles. The minimum absolute atomic E-state index is 0.00676. The maximum absolute atomic E-state index is 12.2. The monoisotopic (exact) mass is 325 g/mol. The van der Waals surface area contributed by atoms with E-state index in [9.17, 15) is 14.4 Å². The third kappa shape index (κ3) is 2.86. The molecule has 6 heteroatoms. The zero-order valence-electron chi connectivity index (χ0n) is 13.0. The molecule has 0 fully saturated rings. The topological polar surface area (TPSA) is 72.9 Å². The Bertz CT molecular complexity index is 780. The Morgan fingerprint density at radius 2 is 1.54 bits per heavy atom. The number of rotatable bonds is 5. The second-order valence-electron chi connectivity index (χ2n) is 5.22. The van der Waals surface area contributed by atoms with E-state index in [1.165, 1.54) is 7.11 Å². The second-order valence-corrected chi connectivity index (χ2v) is 5.22. The van der Waals surface area contributed by atoms with Crippen LogP contribution < -0.4 is 4.74 Å². The highest BCUT2D eigenvalue weighted by Crippen LogP contribution is 2.22. The van der Waals surface area contributed by atoms with E-state index in [1.54, 1.807) is 48.5 Å². The van der Waals surface area contributed by atoms with Crippen LogP contribution in [0.25, 0.3) is 0 Å². The highest BCUT2D eigenvalue weighted by Gasteiger charge is 2.35. The van der Waals surface area contributed by atoms with Gasteiger partial charge in [-0.2, -0.15) is 0 Å². The van der Waals surface area contributed by atoms with E-state index >= 15 is 0 Å². The summed E-state index contributed by atoms with van der Waals surface area (Å²) in [5, 5.41) is 0. The van der Waals surface area contributed by atoms with E-state index < -0.39 is 24.5 Å². The van der Waals surface area contributed by atoms with Crippen LogP contribution in [0.3, 0.4) is 0 Å². The lowest BCUT2D eigenvalue weighted by Crippen LogP contribution is -2.33. The van der Waals surface area contributed by atoms with Gasteiger partial charge in [-0.05, 0) is 18.2 Å². The molecule has 6 nitrogen and oxygen atoms in total. The van der Waals surface area contributed by atoms with Crippen molar-refractivity contribution in [3.8, 4) is 5.75 Å². The molecule has 0 aliphatic carbocycles. The summed E-state index contributed by atoms with van der Waals surface area (Å²) in [6.07, 6.45) is -0.00676.